The topological polar surface area (TPSA) is 3.24 Å². The molecule has 1 fully saturated rings. The van der Waals surface area contributed by atoms with Gasteiger partial charge < -0.3 is 0 Å². The molecular weight excluding hydrogens is 286 g/mol. The Morgan fingerprint density at radius 1 is 1.25 bits per heavy atom. The average molecular weight is 304 g/mol. The van der Waals surface area contributed by atoms with Crippen molar-refractivity contribution in [3.63, 3.8) is 0 Å². The zero-order chi connectivity index (χ0) is 13.7. The molecule has 2 aliphatic rings. The number of hydrogen-bond acceptors (Lipinski definition) is 2. The minimum Gasteiger partial charge on any atom is -0.299 e. The van der Waals surface area contributed by atoms with Gasteiger partial charge in [0.25, 0.3) is 0 Å². The Balaban J connectivity index is 1.89. The van der Waals surface area contributed by atoms with Crippen molar-refractivity contribution in [2.75, 3.05) is 13.6 Å². The molecule has 2 heterocycles. The van der Waals surface area contributed by atoms with Crippen LogP contribution < -0.4 is 0 Å². The first-order valence-corrected chi connectivity index (χ1v) is 8.54. The normalized spacial score (nSPS) is 29.2. The number of nitrogens with zero attached hydrogens (tertiary/aromatic N) is 1. The number of benzene rings is 1. The van der Waals surface area contributed by atoms with E-state index in [1.54, 1.807) is 0 Å². The molecular formula is C17H18ClNS. The quantitative estimate of drug-likeness (QED) is 0.722. The largest absolute Gasteiger partial charge is 0.299 e. The van der Waals surface area contributed by atoms with Gasteiger partial charge in [-0.1, -0.05) is 23.7 Å². The Labute approximate surface area is 129 Å². The van der Waals surface area contributed by atoms with Crippen molar-refractivity contribution < 1.29 is 0 Å². The number of hydrogen-bond donors (Lipinski definition) is 0. The molecule has 1 aromatic carbocycles. The van der Waals surface area contributed by atoms with Crippen molar-refractivity contribution in [2.24, 2.45) is 5.92 Å². The molecule has 3 atom stereocenters. The summed E-state index contributed by atoms with van der Waals surface area (Å²) in [5.74, 6) is 1.25. The molecule has 1 aliphatic heterocycles. The van der Waals surface area contributed by atoms with E-state index in [9.17, 15) is 0 Å². The predicted molar refractivity (Wildman–Crippen MR) is 85.7 cm³/mol. The molecule has 0 radical (unpaired) electrons. The first kappa shape index (κ1) is 12.9. The summed E-state index contributed by atoms with van der Waals surface area (Å²) in [5, 5.41) is 3.06. The van der Waals surface area contributed by atoms with E-state index in [4.69, 9.17) is 11.6 Å². The molecule has 20 heavy (non-hydrogen) atoms. The van der Waals surface area contributed by atoms with Gasteiger partial charge >= 0.3 is 0 Å². The second-order valence-electron chi connectivity index (χ2n) is 6.00. The van der Waals surface area contributed by atoms with E-state index in [0.29, 0.717) is 17.9 Å². The second-order valence-corrected chi connectivity index (χ2v) is 7.41. The zero-order valence-corrected chi connectivity index (χ0v) is 13.1. The fraction of sp³-hybridized carbons (Fsp3) is 0.412. The summed E-state index contributed by atoms with van der Waals surface area (Å²) < 4.78 is 0. The SMILES string of the molecule is CN1CCCC2C(c3cccs3)c3cc(Cl)ccc3C21. The smallest absolute Gasteiger partial charge is 0.0409 e. The van der Waals surface area contributed by atoms with Crippen molar-refractivity contribution >= 4 is 22.9 Å². The molecule has 4 rings (SSSR count). The number of likely N-dealkylation sites (tertiary alicyclic amines) is 1. The Hall–Kier alpha value is -0.830. The molecule has 3 unspecified atom stereocenters. The minimum atomic E-state index is 0.538. The highest BCUT2D eigenvalue weighted by Crippen LogP contribution is 2.55. The number of thiophene rings is 1. The Morgan fingerprint density at radius 2 is 2.15 bits per heavy atom. The van der Waals surface area contributed by atoms with Gasteiger partial charge in [-0.15, -0.1) is 11.3 Å². The van der Waals surface area contributed by atoms with Crippen LogP contribution >= 0.6 is 22.9 Å². The van der Waals surface area contributed by atoms with Crippen molar-refractivity contribution in [1.82, 2.24) is 4.90 Å². The third kappa shape index (κ3) is 1.86. The lowest BCUT2D eigenvalue weighted by atomic mass is 9.83. The molecule has 0 saturated carbocycles. The maximum Gasteiger partial charge on any atom is 0.0409 e. The van der Waals surface area contributed by atoms with Crippen LogP contribution in [0.3, 0.4) is 0 Å². The van der Waals surface area contributed by atoms with Gasteiger partial charge in [-0.3, -0.25) is 4.90 Å². The van der Waals surface area contributed by atoms with Gasteiger partial charge in [0.2, 0.25) is 0 Å². The second kappa shape index (κ2) is 4.87. The first-order valence-electron chi connectivity index (χ1n) is 7.28. The standard InChI is InChI=1S/C17H18ClNS/c1-19-8-2-4-13-16(15-5-3-9-20-15)14-10-11(18)6-7-12(14)17(13)19/h3,5-7,9-10,13,16-17H,2,4,8H2,1H3. The molecule has 2 aromatic rings. The van der Waals surface area contributed by atoms with Gasteiger partial charge in [-0.05, 0) is 67.1 Å². The molecule has 104 valence electrons. The summed E-state index contributed by atoms with van der Waals surface area (Å²) >= 11 is 8.16. The minimum absolute atomic E-state index is 0.538. The van der Waals surface area contributed by atoms with Crippen LogP contribution in [0.4, 0.5) is 0 Å². The average Bonchev–Trinajstić information content (AvgIpc) is 3.03. The highest BCUT2D eigenvalue weighted by Gasteiger charge is 2.45. The van der Waals surface area contributed by atoms with Crippen molar-refractivity contribution in [2.45, 2.75) is 24.8 Å². The maximum absolute atomic E-state index is 6.27. The van der Waals surface area contributed by atoms with E-state index in [-0.39, 0.29) is 0 Å². The van der Waals surface area contributed by atoms with E-state index in [1.807, 2.05) is 11.3 Å². The fourth-order valence-electron chi connectivity index (χ4n) is 4.16. The molecule has 1 aromatic heterocycles. The lowest BCUT2D eigenvalue weighted by Crippen LogP contribution is -2.34. The predicted octanol–water partition coefficient (Wildman–Crippen LogP) is 4.93. The number of piperidine rings is 1. The van der Waals surface area contributed by atoms with Crippen LogP contribution in [0.1, 0.15) is 40.8 Å². The zero-order valence-electron chi connectivity index (χ0n) is 11.6. The number of rotatable bonds is 1. The van der Waals surface area contributed by atoms with E-state index in [0.717, 1.165) is 5.02 Å². The molecule has 1 aliphatic carbocycles. The molecule has 0 spiro atoms. The van der Waals surface area contributed by atoms with Gasteiger partial charge in [-0.2, -0.15) is 0 Å². The molecule has 0 amide bonds. The third-order valence-electron chi connectivity index (χ3n) is 4.91. The van der Waals surface area contributed by atoms with Crippen molar-refractivity contribution in [3.8, 4) is 0 Å². The lowest BCUT2D eigenvalue weighted by molar-refractivity contribution is 0.127. The summed E-state index contributed by atoms with van der Waals surface area (Å²) in [5.41, 5.74) is 2.96. The van der Waals surface area contributed by atoms with Gasteiger partial charge in [0.05, 0.1) is 0 Å². The van der Waals surface area contributed by atoms with Gasteiger partial charge in [0, 0.05) is 21.9 Å². The Morgan fingerprint density at radius 3 is 2.95 bits per heavy atom. The van der Waals surface area contributed by atoms with Crippen LogP contribution in [0.25, 0.3) is 0 Å². The molecule has 0 bridgehead atoms. The van der Waals surface area contributed by atoms with E-state index < -0.39 is 0 Å². The maximum atomic E-state index is 6.27. The molecule has 0 N–H and O–H groups in total. The number of halogens is 1. The number of fused-ring (bicyclic) bond motifs is 3. The highest BCUT2D eigenvalue weighted by molar-refractivity contribution is 7.10. The van der Waals surface area contributed by atoms with Gasteiger partial charge in [0.15, 0.2) is 0 Å². The van der Waals surface area contributed by atoms with Crippen LogP contribution in [0.5, 0.6) is 0 Å². The van der Waals surface area contributed by atoms with Gasteiger partial charge in [-0.25, -0.2) is 0 Å². The van der Waals surface area contributed by atoms with Gasteiger partial charge in [0.1, 0.15) is 0 Å². The summed E-state index contributed by atoms with van der Waals surface area (Å²) in [6.07, 6.45) is 2.63. The van der Waals surface area contributed by atoms with Crippen molar-refractivity contribution in [1.29, 1.82) is 0 Å². The lowest BCUT2D eigenvalue weighted by Gasteiger charge is -2.37. The Bertz CT molecular complexity index is 622. The summed E-state index contributed by atoms with van der Waals surface area (Å²) in [6, 6.07) is 11.5. The first-order chi connectivity index (χ1) is 9.75. The molecule has 3 heteroatoms. The van der Waals surface area contributed by atoms with E-state index in [1.165, 1.54) is 35.4 Å². The Kier molecular flexibility index (Phi) is 3.13. The fourth-order valence-corrected chi connectivity index (χ4v) is 5.26. The molecule has 1 saturated heterocycles. The van der Waals surface area contributed by atoms with Crippen LogP contribution in [0.15, 0.2) is 35.7 Å². The van der Waals surface area contributed by atoms with E-state index >= 15 is 0 Å². The van der Waals surface area contributed by atoms with Crippen LogP contribution in [-0.2, 0) is 0 Å². The van der Waals surface area contributed by atoms with Crippen LogP contribution in [-0.4, -0.2) is 18.5 Å². The van der Waals surface area contributed by atoms with Crippen molar-refractivity contribution in [3.05, 3.63) is 56.7 Å². The molecule has 1 nitrogen and oxygen atoms in total. The summed E-state index contributed by atoms with van der Waals surface area (Å²) in [7, 11) is 2.27. The van der Waals surface area contributed by atoms with Crippen LogP contribution in [0, 0.1) is 5.92 Å². The van der Waals surface area contributed by atoms with Crippen LogP contribution in [0.2, 0.25) is 5.02 Å². The van der Waals surface area contributed by atoms with E-state index in [2.05, 4.69) is 47.7 Å². The third-order valence-corrected chi connectivity index (χ3v) is 6.10. The highest BCUT2D eigenvalue weighted by atomic mass is 35.5. The monoisotopic (exact) mass is 303 g/mol. The summed E-state index contributed by atoms with van der Waals surface area (Å²) in [6.45, 7) is 1.21. The summed E-state index contributed by atoms with van der Waals surface area (Å²) in [4.78, 5) is 4.03.